The minimum absolute atomic E-state index is 0.0565. The van der Waals surface area contributed by atoms with Crippen molar-refractivity contribution >= 4 is 27.6 Å². The van der Waals surface area contributed by atoms with Crippen LogP contribution < -0.4 is 0 Å². The van der Waals surface area contributed by atoms with E-state index in [-0.39, 0.29) is 16.2 Å². The van der Waals surface area contributed by atoms with Crippen LogP contribution in [-0.2, 0) is 9.84 Å². The highest BCUT2D eigenvalue weighted by Crippen LogP contribution is 2.16. The topological polar surface area (TPSA) is 97.2 Å². The van der Waals surface area contributed by atoms with Crippen molar-refractivity contribution in [2.45, 2.75) is 10.1 Å². The van der Waals surface area contributed by atoms with E-state index in [0.29, 0.717) is 10.9 Å². The van der Waals surface area contributed by atoms with Crippen LogP contribution >= 0.6 is 11.8 Å². The van der Waals surface area contributed by atoms with Crippen molar-refractivity contribution in [3.05, 3.63) is 48.3 Å². The monoisotopic (exact) mass is 324 g/mol. The average molecular weight is 324 g/mol. The molecule has 1 aromatic carbocycles. The largest absolute Gasteiger partial charge is 0.478 e. The van der Waals surface area contributed by atoms with E-state index in [1.165, 1.54) is 36.0 Å². The van der Waals surface area contributed by atoms with E-state index in [1.807, 2.05) is 0 Å². The Morgan fingerprint density at radius 2 is 1.76 bits per heavy atom. The molecule has 0 fully saturated rings. The summed E-state index contributed by atoms with van der Waals surface area (Å²) in [6.45, 7) is 0. The van der Waals surface area contributed by atoms with Gasteiger partial charge in [-0.05, 0) is 30.3 Å². The van der Waals surface area contributed by atoms with E-state index >= 15 is 0 Å². The average Bonchev–Trinajstić information content (AvgIpc) is 2.48. The van der Waals surface area contributed by atoms with Crippen LogP contribution in [0.15, 0.2) is 52.8 Å². The number of hydrogen-bond acceptors (Lipinski definition) is 6. The highest BCUT2D eigenvalue weighted by molar-refractivity contribution is 8.00. The van der Waals surface area contributed by atoms with Crippen LogP contribution in [0.5, 0.6) is 0 Å². The number of rotatable bonds is 6. The number of aromatic carboxylic acids is 1. The van der Waals surface area contributed by atoms with Gasteiger partial charge in [-0.25, -0.2) is 23.2 Å². The van der Waals surface area contributed by atoms with Crippen molar-refractivity contribution in [2.75, 3.05) is 11.5 Å². The van der Waals surface area contributed by atoms with Crippen molar-refractivity contribution in [3.8, 4) is 0 Å². The van der Waals surface area contributed by atoms with Gasteiger partial charge in [-0.1, -0.05) is 11.8 Å². The molecule has 2 rings (SSSR count). The molecule has 8 heteroatoms. The molecule has 110 valence electrons. The maximum absolute atomic E-state index is 12.1. The minimum atomic E-state index is -3.44. The smallest absolute Gasteiger partial charge is 0.335 e. The molecule has 0 aliphatic carbocycles. The lowest BCUT2D eigenvalue weighted by Gasteiger charge is -2.04. The summed E-state index contributed by atoms with van der Waals surface area (Å²) in [6, 6.07) is 6.86. The Morgan fingerprint density at radius 1 is 1.14 bits per heavy atom. The van der Waals surface area contributed by atoms with E-state index in [2.05, 4.69) is 9.97 Å². The molecule has 1 N–H and O–H groups in total. The lowest BCUT2D eigenvalue weighted by Crippen LogP contribution is -2.09. The molecule has 21 heavy (non-hydrogen) atoms. The van der Waals surface area contributed by atoms with Gasteiger partial charge in [0, 0.05) is 18.1 Å². The van der Waals surface area contributed by atoms with Gasteiger partial charge in [0.05, 0.1) is 16.2 Å². The van der Waals surface area contributed by atoms with E-state index in [9.17, 15) is 13.2 Å². The number of sulfone groups is 1. The van der Waals surface area contributed by atoms with Crippen LogP contribution in [0.3, 0.4) is 0 Å². The molecule has 2 aromatic rings. The first-order valence-corrected chi connectivity index (χ1v) is 8.59. The van der Waals surface area contributed by atoms with Gasteiger partial charge in [0.2, 0.25) is 0 Å². The second-order valence-electron chi connectivity index (χ2n) is 4.03. The number of carbonyl (C=O) groups is 1. The van der Waals surface area contributed by atoms with E-state index in [4.69, 9.17) is 5.11 Å². The third-order valence-corrected chi connectivity index (χ3v) is 5.45. The summed E-state index contributed by atoms with van der Waals surface area (Å²) in [4.78, 5) is 18.8. The number of carboxylic acid groups (broad SMARTS) is 1. The first-order chi connectivity index (χ1) is 9.99. The summed E-state index contributed by atoms with van der Waals surface area (Å²) in [7, 11) is -3.44. The fourth-order valence-electron chi connectivity index (χ4n) is 1.53. The predicted octanol–water partition coefficient (Wildman–Crippen LogP) is 1.74. The molecule has 0 unspecified atom stereocenters. The third-order valence-electron chi connectivity index (χ3n) is 2.59. The molecule has 1 heterocycles. The molecule has 0 saturated carbocycles. The fourth-order valence-corrected chi connectivity index (χ4v) is 3.98. The number of benzene rings is 1. The fraction of sp³-hybridized carbons (Fsp3) is 0.154. The highest BCUT2D eigenvalue weighted by atomic mass is 32.2. The molecular formula is C13H12N2O4S2. The summed E-state index contributed by atoms with van der Waals surface area (Å²) in [6.07, 6.45) is 3.18. The third kappa shape index (κ3) is 4.27. The molecular weight excluding hydrogens is 312 g/mol. The van der Waals surface area contributed by atoms with Crippen molar-refractivity contribution in [1.82, 2.24) is 9.97 Å². The van der Waals surface area contributed by atoms with Crippen molar-refractivity contribution in [2.24, 2.45) is 0 Å². The standard InChI is InChI=1S/C13H12N2O4S2/c16-12(17)10-2-4-11(5-3-10)21(18,19)9-8-20-13-14-6-1-7-15-13/h1-7H,8-9H2,(H,16,17). The Bertz CT molecular complexity index is 716. The number of nitrogens with zero attached hydrogens (tertiary/aromatic N) is 2. The van der Waals surface area contributed by atoms with Crippen LogP contribution in [0.2, 0.25) is 0 Å². The van der Waals surface area contributed by atoms with Crippen LogP contribution in [0.4, 0.5) is 0 Å². The van der Waals surface area contributed by atoms with Crippen molar-refractivity contribution in [1.29, 1.82) is 0 Å². The zero-order chi connectivity index (χ0) is 15.3. The Hall–Kier alpha value is -1.93. The van der Waals surface area contributed by atoms with Crippen LogP contribution in [-0.4, -0.2) is 41.0 Å². The lowest BCUT2D eigenvalue weighted by molar-refractivity contribution is 0.0696. The molecule has 0 amide bonds. The molecule has 1 aromatic heterocycles. The van der Waals surface area contributed by atoms with Gasteiger partial charge in [0.25, 0.3) is 0 Å². The Labute approximate surface area is 126 Å². The molecule has 0 saturated heterocycles. The Balaban J connectivity index is 2.00. The van der Waals surface area contributed by atoms with Crippen molar-refractivity contribution in [3.63, 3.8) is 0 Å². The van der Waals surface area contributed by atoms with Gasteiger partial charge < -0.3 is 5.11 Å². The second-order valence-corrected chi connectivity index (χ2v) is 7.20. The lowest BCUT2D eigenvalue weighted by atomic mass is 10.2. The van der Waals surface area contributed by atoms with Gasteiger partial charge in [-0.3, -0.25) is 0 Å². The SMILES string of the molecule is O=C(O)c1ccc(S(=O)(=O)CCSc2ncccn2)cc1. The maximum Gasteiger partial charge on any atom is 0.335 e. The van der Waals surface area contributed by atoms with Gasteiger partial charge in [0.1, 0.15) is 0 Å². The number of thioether (sulfide) groups is 1. The van der Waals surface area contributed by atoms with Gasteiger partial charge in [0.15, 0.2) is 15.0 Å². The molecule has 0 bridgehead atoms. The quantitative estimate of drug-likeness (QED) is 0.638. The van der Waals surface area contributed by atoms with Crippen molar-refractivity contribution < 1.29 is 18.3 Å². The van der Waals surface area contributed by atoms with E-state index in [1.54, 1.807) is 18.5 Å². The highest BCUT2D eigenvalue weighted by Gasteiger charge is 2.15. The maximum atomic E-state index is 12.1. The summed E-state index contributed by atoms with van der Waals surface area (Å²) in [5.74, 6) is -0.828. The molecule has 0 atom stereocenters. The number of carboxylic acids is 1. The first kappa shape index (κ1) is 15.5. The molecule has 0 radical (unpaired) electrons. The van der Waals surface area contributed by atoms with Crippen LogP contribution in [0, 0.1) is 0 Å². The molecule has 0 spiro atoms. The number of aromatic nitrogens is 2. The molecule has 0 aliphatic rings. The molecule has 0 aliphatic heterocycles. The van der Waals surface area contributed by atoms with E-state index < -0.39 is 15.8 Å². The first-order valence-electron chi connectivity index (χ1n) is 5.95. The molecule has 6 nitrogen and oxygen atoms in total. The normalized spacial score (nSPS) is 11.2. The van der Waals surface area contributed by atoms with Crippen LogP contribution in [0.25, 0.3) is 0 Å². The Morgan fingerprint density at radius 3 is 2.33 bits per heavy atom. The number of hydrogen-bond donors (Lipinski definition) is 1. The summed E-state index contributed by atoms with van der Waals surface area (Å²) in [5, 5.41) is 9.30. The predicted molar refractivity (Wildman–Crippen MR) is 78.2 cm³/mol. The summed E-state index contributed by atoms with van der Waals surface area (Å²) in [5.41, 5.74) is 0.0565. The summed E-state index contributed by atoms with van der Waals surface area (Å²) >= 11 is 1.25. The second kappa shape index (κ2) is 6.68. The zero-order valence-corrected chi connectivity index (χ0v) is 12.5. The van der Waals surface area contributed by atoms with Gasteiger partial charge in [-0.15, -0.1) is 0 Å². The van der Waals surface area contributed by atoms with Gasteiger partial charge >= 0.3 is 5.97 Å². The minimum Gasteiger partial charge on any atom is -0.478 e. The van der Waals surface area contributed by atoms with Crippen LogP contribution in [0.1, 0.15) is 10.4 Å². The van der Waals surface area contributed by atoms with E-state index in [0.717, 1.165) is 0 Å². The van der Waals surface area contributed by atoms with Gasteiger partial charge in [-0.2, -0.15) is 0 Å². The summed E-state index contributed by atoms with van der Waals surface area (Å²) < 4.78 is 24.2. The zero-order valence-electron chi connectivity index (χ0n) is 10.8. The Kier molecular flexibility index (Phi) is 4.92.